The minimum atomic E-state index is 0.345. The summed E-state index contributed by atoms with van der Waals surface area (Å²) in [6, 6.07) is 43.0. The van der Waals surface area contributed by atoms with Gasteiger partial charge in [0, 0.05) is 38.1 Å². The van der Waals surface area contributed by atoms with Gasteiger partial charge in [0.2, 0.25) is 0 Å². The Balaban J connectivity index is 1.26. The molecule has 1 aliphatic carbocycles. The van der Waals surface area contributed by atoms with Crippen molar-refractivity contribution in [3.05, 3.63) is 144 Å². The van der Waals surface area contributed by atoms with E-state index in [-0.39, 0.29) is 0 Å². The number of thioether (sulfide) groups is 1. The van der Waals surface area contributed by atoms with E-state index in [4.69, 9.17) is 9.97 Å². The maximum absolute atomic E-state index is 5.10. The van der Waals surface area contributed by atoms with Crippen LogP contribution in [0.2, 0.25) is 0 Å². The minimum absolute atomic E-state index is 0.345. The Bertz CT molecular complexity index is 2180. The van der Waals surface area contributed by atoms with Crippen LogP contribution in [0.1, 0.15) is 12.5 Å². The van der Waals surface area contributed by atoms with E-state index in [0.717, 1.165) is 46.0 Å². The number of nitrogens with zero attached hydrogens (tertiary/aromatic N) is 4. The molecule has 0 amide bonds. The summed E-state index contributed by atoms with van der Waals surface area (Å²) in [5, 5.41) is 3.90. The fraction of sp³-hybridized carbons (Fsp3) is 0.0526. The van der Waals surface area contributed by atoms with Gasteiger partial charge in [-0.25, -0.2) is 9.97 Å². The van der Waals surface area contributed by atoms with Crippen LogP contribution in [0.15, 0.2) is 149 Å². The molecule has 0 spiro atoms. The molecule has 5 heteroatoms. The van der Waals surface area contributed by atoms with E-state index in [0.29, 0.717) is 6.04 Å². The average molecular weight is 571 g/mol. The van der Waals surface area contributed by atoms with Gasteiger partial charge >= 0.3 is 0 Å². The molecular weight excluding hydrogens is 545 g/mol. The quantitative estimate of drug-likeness (QED) is 0.211. The van der Waals surface area contributed by atoms with Crippen molar-refractivity contribution in [3.8, 4) is 39.6 Å². The molecule has 9 rings (SSSR count). The van der Waals surface area contributed by atoms with Crippen LogP contribution in [0.25, 0.3) is 61.5 Å². The van der Waals surface area contributed by atoms with Crippen molar-refractivity contribution in [1.82, 2.24) is 19.1 Å². The van der Waals surface area contributed by atoms with Crippen LogP contribution in [0.5, 0.6) is 0 Å². The molecule has 3 aromatic heterocycles. The van der Waals surface area contributed by atoms with Crippen LogP contribution in [-0.4, -0.2) is 19.1 Å². The second-order valence-corrected chi connectivity index (χ2v) is 12.1. The number of para-hydroxylation sites is 1. The molecule has 1 atom stereocenters. The summed E-state index contributed by atoms with van der Waals surface area (Å²) < 4.78 is 4.99. The van der Waals surface area contributed by atoms with Gasteiger partial charge in [0.25, 0.3) is 0 Å². The molecule has 0 N–H and O–H groups in total. The zero-order valence-corrected chi connectivity index (χ0v) is 24.1. The Hall–Kier alpha value is -5.13. The second kappa shape index (κ2) is 9.72. The molecule has 43 heavy (non-hydrogen) atoms. The molecule has 2 aliphatic rings. The van der Waals surface area contributed by atoms with Crippen molar-refractivity contribution in [1.29, 1.82) is 0 Å². The lowest BCUT2D eigenvalue weighted by Crippen LogP contribution is -2.09. The van der Waals surface area contributed by atoms with Crippen LogP contribution >= 0.6 is 11.8 Å². The molecule has 0 saturated carbocycles. The summed E-state index contributed by atoms with van der Waals surface area (Å²) in [4.78, 5) is 11.5. The lowest BCUT2D eigenvalue weighted by atomic mass is 10.1. The third-order valence-electron chi connectivity index (χ3n) is 8.47. The van der Waals surface area contributed by atoms with Crippen molar-refractivity contribution in [2.24, 2.45) is 0 Å². The van der Waals surface area contributed by atoms with Gasteiger partial charge < -0.3 is 4.57 Å². The Morgan fingerprint density at radius 3 is 2.21 bits per heavy atom. The number of hydrogen-bond acceptors (Lipinski definition) is 3. The minimum Gasteiger partial charge on any atom is -0.313 e. The molecule has 4 heterocycles. The van der Waals surface area contributed by atoms with E-state index >= 15 is 0 Å². The van der Waals surface area contributed by atoms with Crippen molar-refractivity contribution in [2.75, 3.05) is 0 Å². The van der Waals surface area contributed by atoms with Gasteiger partial charge in [-0.05, 0) is 36.8 Å². The molecule has 0 saturated heterocycles. The molecule has 7 aromatic rings. The first-order valence-electron chi connectivity index (χ1n) is 14.6. The van der Waals surface area contributed by atoms with E-state index in [2.05, 4.69) is 124 Å². The first kappa shape index (κ1) is 24.5. The first-order chi connectivity index (χ1) is 21.3. The lowest BCUT2D eigenvalue weighted by Gasteiger charge is -2.18. The van der Waals surface area contributed by atoms with Gasteiger partial charge in [0.05, 0.1) is 28.0 Å². The number of allylic oxidation sites excluding steroid dienone is 4. The number of benzene rings is 4. The Morgan fingerprint density at radius 1 is 0.651 bits per heavy atom. The molecule has 0 fully saturated rings. The summed E-state index contributed by atoms with van der Waals surface area (Å²) in [7, 11) is 0. The molecular formula is C38H26N4S. The predicted octanol–water partition coefficient (Wildman–Crippen LogP) is 9.87. The molecule has 1 aliphatic heterocycles. The Labute approximate surface area is 253 Å². The molecule has 204 valence electrons. The second-order valence-electron chi connectivity index (χ2n) is 11.0. The van der Waals surface area contributed by atoms with E-state index in [1.807, 2.05) is 36.0 Å². The summed E-state index contributed by atoms with van der Waals surface area (Å²) in [6.45, 7) is 0. The number of fused-ring (bicyclic) bond motifs is 7. The van der Waals surface area contributed by atoms with Crippen LogP contribution < -0.4 is 0 Å². The van der Waals surface area contributed by atoms with E-state index in [1.54, 1.807) is 0 Å². The van der Waals surface area contributed by atoms with Gasteiger partial charge in [0.1, 0.15) is 5.65 Å². The number of rotatable bonds is 4. The Morgan fingerprint density at radius 2 is 1.37 bits per heavy atom. The largest absolute Gasteiger partial charge is 0.313 e. The fourth-order valence-electron chi connectivity index (χ4n) is 6.50. The van der Waals surface area contributed by atoms with E-state index in [9.17, 15) is 0 Å². The number of hydrogen-bond donors (Lipinski definition) is 0. The summed E-state index contributed by atoms with van der Waals surface area (Å²) >= 11 is 1.90. The van der Waals surface area contributed by atoms with Crippen LogP contribution in [0.3, 0.4) is 0 Å². The van der Waals surface area contributed by atoms with Crippen LogP contribution in [0.4, 0.5) is 0 Å². The standard InChI is InChI=1S/C38H26N4S/c1-3-12-25(13-4-1)31-24-32(40-37(39-31)26-14-5-2-6-15-26)27-16-11-17-28(22-27)41-33-19-8-7-18-29(33)30-23-36-42(38(30)41)34-20-9-10-21-35(34)43-36/h1-19,21-24,34H,20H2. The average Bonchev–Trinajstić information content (AvgIpc) is 3.72. The Kier molecular flexibility index (Phi) is 5.53. The first-order valence-corrected chi connectivity index (χ1v) is 15.4. The SMILES string of the molecule is C1=CCC2C(=C1)Sc1cc3c4ccccc4n(-c4cccc(-c5cc(-c6ccccc6)nc(-c6ccccc6)n5)c4)c3n12. The predicted molar refractivity (Wildman–Crippen MR) is 177 cm³/mol. The van der Waals surface area contributed by atoms with Crippen molar-refractivity contribution in [2.45, 2.75) is 17.5 Å². The molecule has 4 aromatic carbocycles. The van der Waals surface area contributed by atoms with Gasteiger partial charge in [0.15, 0.2) is 5.82 Å². The van der Waals surface area contributed by atoms with Gasteiger partial charge in [-0.3, -0.25) is 4.57 Å². The van der Waals surface area contributed by atoms with Gasteiger partial charge in [-0.1, -0.05) is 121 Å². The normalized spacial score (nSPS) is 15.5. The fourth-order valence-corrected chi connectivity index (χ4v) is 7.71. The zero-order chi connectivity index (χ0) is 28.3. The highest BCUT2D eigenvalue weighted by Crippen LogP contribution is 2.51. The van der Waals surface area contributed by atoms with Gasteiger partial charge in [-0.2, -0.15) is 0 Å². The summed E-state index contributed by atoms with van der Waals surface area (Å²) in [5.41, 5.74) is 8.54. The van der Waals surface area contributed by atoms with Crippen LogP contribution in [-0.2, 0) is 0 Å². The van der Waals surface area contributed by atoms with Crippen LogP contribution in [0, 0.1) is 0 Å². The maximum Gasteiger partial charge on any atom is 0.160 e. The van der Waals surface area contributed by atoms with E-state index < -0.39 is 0 Å². The summed E-state index contributed by atoms with van der Waals surface area (Å²) in [6.07, 6.45) is 7.77. The highest BCUT2D eigenvalue weighted by molar-refractivity contribution is 8.03. The molecule has 1 unspecified atom stereocenters. The maximum atomic E-state index is 5.10. The van der Waals surface area contributed by atoms with Crippen molar-refractivity contribution in [3.63, 3.8) is 0 Å². The smallest absolute Gasteiger partial charge is 0.160 e. The third-order valence-corrected chi connectivity index (χ3v) is 9.64. The highest BCUT2D eigenvalue weighted by atomic mass is 32.2. The van der Waals surface area contributed by atoms with Crippen molar-refractivity contribution >= 4 is 33.7 Å². The van der Waals surface area contributed by atoms with Crippen molar-refractivity contribution < 1.29 is 0 Å². The van der Waals surface area contributed by atoms with Gasteiger partial charge in [-0.15, -0.1) is 0 Å². The van der Waals surface area contributed by atoms with E-state index in [1.165, 1.54) is 31.9 Å². The topological polar surface area (TPSA) is 35.6 Å². The highest BCUT2D eigenvalue weighted by Gasteiger charge is 2.32. The monoisotopic (exact) mass is 570 g/mol. The molecule has 4 nitrogen and oxygen atoms in total. The third kappa shape index (κ3) is 3.93. The lowest BCUT2D eigenvalue weighted by molar-refractivity contribution is 0.591. The zero-order valence-electron chi connectivity index (χ0n) is 23.3. The molecule has 0 bridgehead atoms. The summed E-state index contributed by atoms with van der Waals surface area (Å²) in [5.74, 6) is 0.724. The molecule has 0 radical (unpaired) electrons. The number of aromatic nitrogens is 4.